The van der Waals surface area contributed by atoms with Gasteiger partial charge < -0.3 is 29.0 Å². The zero-order valence-corrected chi connectivity index (χ0v) is 20.8. The van der Waals surface area contributed by atoms with Gasteiger partial charge in [0.2, 0.25) is 0 Å². The first-order chi connectivity index (χ1) is 17.0. The summed E-state index contributed by atoms with van der Waals surface area (Å²) in [5.41, 5.74) is 0.756. The van der Waals surface area contributed by atoms with E-state index < -0.39 is 6.10 Å². The molecule has 2 heterocycles. The van der Waals surface area contributed by atoms with Crippen LogP contribution in [0.4, 0.5) is 0 Å². The number of hydrogen-bond acceptors (Lipinski definition) is 7. The highest BCUT2D eigenvalue weighted by molar-refractivity contribution is 5.78. The minimum Gasteiger partial charge on any atom is -0.497 e. The van der Waals surface area contributed by atoms with Crippen molar-refractivity contribution in [2.75, 3.05) is 46.6 Å². The minimum atomic E-state index is -0.769. The number of benzene rings is 2. The lowest BCUT2D eigenvalue weighted by Gasteiger charge is -2.35. The molecule has 1 N–H and O–H groups in total. The molecule has 7 nitrogen and oxygen atoms in total. The molecule has 35 heavy (non-hydrogen) atoms. The van der Waals surface area contributed by atoms with Crippen molar-refractivity contribution in [1.82, 2.24) is 4.90 Å². The summed E-state index contributed by atoms with van der Waals surface area (Å²) in [6, 6.07) is 12.9. The van der Waals surface area contributed by atoms with Gasteiger partial charge in [-0.2, -0.15) is 0 Å². The summed E-state index contributed by atoms with van der Waals surface area (Å²) in [6.07, 6.45) is 2.21. The van der Waals surface area contributed by atoms with Gasteiger partial charge in [0.15, 0.2) is 11.5 Å². The Balaban J connectivity index is 1.39. The van der Waals surface area contributed by atoms with E-state index in [1.165, 1.54) is 6.42 Å². The number of aliphatic hydroxyl groups is 1. The third-order valence-electron chi connectivity index (χ3n) is 6.79. The number of methoxy groups -OCH3 is 1. The fraction of sp³-hybridized carbons (Fsp3) is 0.536. The third kappa shape index (κ3) is 7.12. The lowest BCUT2D eigenvalue weighted by Crippen LogP contribution is -2.39. The Morgan fingerprint density at radius 2 is 1.86 bits per heavy atom. The van der Waals surface area contributed by atoms with Crippen LogP contribution in [0.1, 0.15) is 44.3 Å². The van der Waals surface area contributed by atoms with Gasteiger partial charge in [-0.3, -0.25) is 4.79 Å². The molecule has 3 atom stereocenters. The lowest BCUT2D eigenvalue weighted by atomic mass is 9.88. The number of aliphatic hydroxyl groups excluding tert-OH is 1. The van der Waals surface area contributed by atoms with Crippen LogP contribution in [0, 0.1) is 11.8 Å². The molecule has 2 aliphatic rings. The highest BCUT2D eigenvalue weighted by atomic mass is 16.6. The summed E-state index contributed by atoms with van der Waals surface area (Å²) < 4.78 is 22.2. The fourth-order valence-corrected chi connectivity index (χ4v) is 4.93. The number of fused-ring (bicyclic) bond motifs is 1. The minimum absolute atomic E-state index is 0.0881. The molecular formula is C28H37NO6. The Morgan fingerprint density at radius 3 is 2.60 bits per heavy atom. The summed E-state index contributed by atoms with van der Waals surface area (Å²) in [5.74, 6) is 3.31. The second-order valence-electron chi connectivity index (χ2n) is 9.63. The molecule has 4 rings (SSSR count). The number of nitrogens with zero attached hydrogens (tertiary/aromatic N) is 1. The van der Waals surface area contributed by atoms with Gasteiger partial charge in [0.05, 0.1) is 19.8 Å². The number of ether oxygens (including phenoxy) is 4. The van der Waals surface area contributed by atoms with Crippen LogP contribution < -0.4 is 18.9 Å². The maximum Gasteiger partial charge on any atom is 0.161 e. The van der Waals surface area contributed by atoms with E-state index in [0.29, 0.717) is 62.4 Å². The molecule has 190 valence electrons. The number of rotatable bonds is 11. The van der Waals surface area contributed by atoms with Gasteiger partial charge in [0.1, 0.15) is 30.5 Å². The van der Waals surface area contributed by atoms with E-state index in [4.69, 9.17) is 18.9 Å². The molecule has 0 aromatic heterocycles. The number of likely N-dealkylation sites (tertiary alicyclic amines) is 1. The smallest absolute Gasteiger partial charge is 0.161 e. The number of Topliss-reactive ketones (excluding diaryl/α,β-unsaturated/α-hetero) is 1. The lowest BCUT2D eigenvalue weighted by molar-refractivity contribution is -0.121. The predicted octanol–water partition coefficient (Wildman–Crippen LogP) is 4.28. The zero-order chi connectivity index (χ0) is 24.6. The molecule has 2 aliphatic heterocycles. The Bertz CT molecular complexity index is 962. The molecule has 2 aromatic carbocycles. The SMILES string of the molecule is COc1ccc(OCCC(=O)C[C@H](CN2CCCC(C)C2)[C@H](O)c2ccc3c(c2)OCCO3)cc1. The molecular weight excluding hydrogens is 446 g/mol. The van der Waals surface area contributed by atoms with Gasteiger partial charge in [-0.05, 0) is 67.3 Å². The van der Waals surface area contributed by atoms with E-state index in [2.05, 4.69) is 11.8 Å². The Kier molecular flexibility index (Phi) is 8.88. The summed E-state index contributed by atoms with van der Waals surface area (Å²) in [5, 5.41) is 11.4. The monoisotopic (exact) mass is 483 g/mol. The van der Waals surface area contributed by atoms with E-state index in [-0.39, 0.29) is 11.7 Å². The zero-order valence-electron chi connectivity index (χ0n) is 20.8. The molecule has 0 aliphatic carbocycles. The van der Waals surface area contributed by atoms with Crippen molar-refractivity contribution in [3.63, 3.8) is 0 Å². The largest absolute Gasteiger partial charge is 0.497 e. The highest BCUT2D eigenvalue weighted by Gasteiger charge is 2.29. The van der Waals surface area contributed by atoms with Crippen LogP contribution in [0.3, 0.4) is 0 Å². The first-order valence-electron chi connectivity index (χ1n) is 12.6. The van der Waals surface area contributed by atoms with Crippen LogP contribution in [-0.4, -0.2) is 62.4 Å². The number of carbonyl (C=O) groups is 1. The molecule has 1 unspecified atom stereocenters. The second kappa shape index (κ2) is 12.3. The van der Waals surface area contributed by atoms with Crippen molar-refractivity contribution < 1.29 is 28.8 Å². The summed E-state index contributed by atoms with van der Waals surface area (Å²) in [6.45, 7) is 6.28. The van der Waals surface area contributed by atoms with Crippen LogP contribution in [0.2, 0.25) is 0 Å². The van der Waals surface area contributed by atoms with Crippen LogP contribution in [-0.2, 0) is 4.79 Å². The first kappa shape index (κ1) is 25.3. The Morgan fingerprint density at radius 1 is 1.11 bits per heavy atom. The molecule has 0 radical (unpaired) electrons. The maximum absolute atomic E-state index is 12.9. The van der Waals surface area contributed by atoms with Crippen molar-refractivity contribution in [3.8, 4) is 23.0 Å². The van der Waals surface area contributed by atoms with Crippen molar-refractivity contribution in [1.29, 1.82) is 0 Å². The van der Waals surface area contributed by atoms with E-state index in [1.807, 2.05) is 42.5 Å². The average molecular weight is 484 g/mol. The number of piperidine rings is 1. The normalized spacial score (nSPS) is 19.6. The Labute approximate surface area is 207 Å². The standard InChI is InChI=1S/C28H37NO6/c1-20-4-3-12-29(18-20)19-22(28(31)21-5-10-26-27(17-21)35-15-14-34-26)16-23(30)11-13-33-25-8-6-24(32-2)7-9-25/h5-10,17,20,22,28,31H,3-4,11-16,18-19H2,1-2H3/t20?,22-,28-/m1/s1. The van der Waals surface area contributed by atoms with E-state index in [0.717, 1.165) is 30.8 Å². The molecule has 2 aromatic rings. The quantitative estimate of drug-likeness (QED) is 0.511. The highest BCUT2D eigenvalue weighted by Crippen LogP contribution is 2.36. The molecule has 1 saturated heterocycles. The van der Waals surface area contributed by atoms with Gasteiger partial charge in [-0.1, -0.05) is 13.0 Å². The second-order valence-corrected chi connectivity index (χ2v) is 9.63. The van der Waals surface area contributed by atoms with Gasteiger partial charge in [0.25, 0.3) is 0 Å². The number of hydrogen-bond donors (Lipinski definition) is 1. The van der Waals surface area contributed by atoms with Gasteiger partial charge in [-0.15, -0.1) is 0 Å². The van der Waals surface area contributed by atoms with E-state index in [1.54, 1.807) is 7.11 Å². The van der Waals surface area contributed by atoms with Crippen molar-refractivity contribution >= 4 is 5.78 Å². The third-order valence-corrected chi connectivity index (χ3v) is 6.79. The van der Waals surface area contributed by atoms with Crippen LogP contribution in [0.5, 0.6) is 23.0 Å². The molecule has 0 amide bonds. The topological polar surface area (TPSA) is 77.5 Å². The van der Waals surface area contributed by atoms with Crippen molar-refractivity contribution in [2.24, 2.45) is 11.8 Å². The van der Waals surface area contributed by atoms with Gasteiger partial charge >= 0.3 is 0 Å². The average Bonchev–Trinajstić information content (AvgIpc) is 2.88. The molecule has 1 fully saturated rings. The first-order valence-corrected chi connectivity index (χ1v) is 12.6. The summed E-state index contributed by atoms with van der Waals surface area (Å²) in [7, 11) is 1.62. The van der Waals surface area contributed by atoms with Gasteiger partial charge in [-0.25, -0.2) is 0 Å². The fourth-order valence-electron chi connectivity index (χ4n) is 4.93. The molecule has 0 saturated carbocycles. The Hall–Kier alpha value is -2.77. The van der Waals surface area contributed by atoms with Crippen LogP contribution in [0.25, 0.3) is 0 Å². The number of ketones is 1. The summed E-state index contributed by atoms with van der Waals surface area (Å²) >= 11 is 0. The van der Waals surface area contributed by atoms with Crippen LogP contribution in [0.15, 0.2) is 42.5 Å². The summed E-state index contributed by atoms with van der Waals surface area (Å²) in [4.78, 5) is 15.3. The van der Waals surface area contributed by atoms with E-state index >= 15 is 0 Å². The molecule has 7 heteroatoms. The van der Waals surface area contributed by atoms with Crippen molar-refractivity contribution in [2.45, 2.75) is 38.7 Å². The molecule has 0 bridgehead atoms. The van der Waals surface area contributed by atoms with Crippen molar-refractivity contribution in [3.05, 3.63) is 48.0 Å². The van der Waals surface area contributed by atoms with Gasteiger partial charge in [0, 0.05) is 31.8 Å². The maximum atomic E-state index is 12.9. The molecule has 0 spiro atoms. The van der Waals surface area contributed by atoms with Crippen LogP contribution >= 0.6 is 0 Å². The van der Waals surface area contributed by atoms with E-state index in [9.17, 15) is 9.90 Å². The number of carbonyl (C=O) groups excluding carboxylic acids is 1. The predicted molar refractivity (Wildman–Crippen MR) is 133 cm³/mol.